The molecule has 2 aliphatic heterocycles. The van der Waals surface area contributed by atoms with Gasteiger partial charge in [0.15, 0.2) is 5.58 Å². The predicted octanol–water partition coefficient (Wildman–Crippen LogP) is 2.21. The number of carbonyl (C=O) groups excluding carboxylic acids is 2. The van der Waals surface area contributed by atoms with Crippen molar-refractivity contribution >= 4 is 33.6 Å². The Morgan fingerprint density at radius 2 is 2.03 bits per heavy atom. The third kappa shape index (κ3) is 3.64. The molecule has 0 bridgehead atoms. The number of benzene rings is 2. The summed E-state index contributed by atoms with van der Waals surface area (Å²) in [5.74, 6) is -0.248. The van der Waals surface area contributed by atoms with Crippen molar-refractivity contribution in [3.8, 4) is 5.75 Å². The van der Waals surface area contributed by atoms with Crippen LogP contribution in [0.5, 0.6) is 5.75 Å². The van der Waals surface area contributed by atoms with Crippen LogP contribution in [0, 0.1) is 0 Å². The SMILES string of the molecule is O=C1CC[C@H](c2noc3ccc4cc(OCCN5CCOCC5)ccc4c23)C(=O)N1. The van der Waals surface area contributed by atoms with Crippen LogP contribution < -0.4 is 10.1 Å². The fourth-order valence-corrected chi connectivity index (χ4v) is 4.17. The molecule has 2 aromatic carbocycles. The van der Waals surface area contributed by atoms with Crippen molar-refractivity contribution < 1.29 is 23.6 Å². The van der Waals surface area contributed by atoms with Crippen molar-refractivity contribution in [1.82, 2.24) is 15.4 Å². The fraction of sp³-hybridized carbons (Fsp3) is 0.409. The molecule has 0 radical (unpaired) electrons. The minimum absolute atomic E-state index is 0.243. The molecule has 1 aromatic heterocycles. The molecule has 8 nitrogen and oxygen atoms in total. The van der Waals surface area contributed by atoms with E-state index in [0.29, 0.717) is 30.7 Å². The van der Waals surface area contributed by atoms with Crippen LogP contribution in [-0.4, -0.2) is 61.3 Å². The second-order valence-electron chi connectivity index (χ2n) is 7.70. The first kappa shape index (κ1) is 19.0. The zero-order valence-electron chi connectivity index (χ0n) is 16.6. The van der Waals surface area contributed by atoms with Gasteiger partial charge < -0.3 is 14.0 Å². The molecule has 2 saturated heterocycles. The van der Waals surface area contributed by atoms with Gasteiger partial charge in [0.1, 0.15) is 18.1 Å². The van der Waals surface area contributed by atoms with Crippen molar-refractivity contribution in [2.24, 2.45) is 0 Å². The van der Waals surface area contributed by atoms with Crippen molar-refractivity contribution in [1.29, 1.82) is 0 Å². The lowest BCUT2D eigenvalue weighted by Gasteiger charge is -2.26. The van der Waals surface area contributed by atoms with E-state index in [2.05, 4.69) is 15.4 Å². The fourth-order valence-electron chi connectivity index (χ4n) is 4.17. The number of rotatable bonds is 5. The molecule has 156 valence electrons. The Kier molecular flexibility index (Phi) is 5.10. The Bertz CT molecular complexity index is 1100. The summed E-state index contributed by atoms with van der Waals surface area (Å²) in [7, 11) is 0. The standard InChI is InChI=1S/C22H23N3O5/c26-19-6-4-17(22(27)23-19)21-20-16-3-2-15(13-14(16)1-5-18(20)30-24-21)29-12-9-25-7-10-28-11-8-25/h1-3,5,13,17H,4,6-12H2,(H,23,26,27)/t17-/m1/s1. The van der Waals surface area contributed by atoms with Crippen molar-refractivity contribution in [2.75, 3.05) is 39.5 Å². The summed E-state index contributed by atoms with van der Waals surface area (Å²) >= 11 is 0. The van der Waals surface area contributed by atoms with Gasteiger partial charge in [-0.05, 0) is 41.5 Å². The first-order chi connectivity index (χ1) is 14.7. The largest absolute Gasteiger partial charge is 0.492 e. The highest BCUT2D eigenvalue weighted by molar-refractivity contribution is 6.10. The summed E-state index contributed by atoms with van der Waals surface area (Å²) in [5.41, 5.74) is 1.21. The van der Waals surface area contributed by atoms with Crippen LogP contribution in [-0.2, 0) is 14.3 Å². The third-order valence-electron chi connectivity index (χ3n) is 5.80. The Morgan fingerprint density at radius 3 is 2.87 bits per heavy atom. The summed E-state index contributed by atoms with van der Waals surface area (Å²) < 4.78 is 16.8. The Morgan fingerprint density at radius 1 is 1.17 bits per heavy atom. The monoisotopic (exact) mass is 409 g/mol. The number of morpholine rings is 1. The number of nitrogens with zero attached hydrogens (tertiary/aromatic N) is 2. The van der Waals surface area contributed by atoms with Gasteiger partial charge in [0, 0.05) is 26.1 Å². The minimum atomic E-state index is -0.487. The second-order valence-corrected chi connectivity index (χ2v) is 7.70. The molecule has 2 fully saturated rings. The first-order valence-electron chi connectivity index (χ1n) is 10.3. The third-order valence-corrected chi connectivity index (χ3v) is 5.80. The number of piperidine rings is 1. The van der Waals surface area contributed by atoms with Gasteiger partial charge in [0.25, 0.3) is 0 Å². The highest BCUT2D eigenvalue weighted by atomic mass is 16.5. The molecule has 5 rings (SSSR count). The van der Waals surface area contributed by atoms with Crippen LogP contribution in [0.2, 0.25) is 0 Å². The average molecular weight is 409 g/mol. The lowest BCUT2D eigenvalue weighted by atomic mass is 9.91. The summed E-state index contributed by atoms with van der Waals surface area (Å²) in [5, 5.41) is 9.34. The highest BCUT2D eigenvalue weighted by Gasteiger charge is 2.32. The maximum Gasteiger partial charge on any atom is 0.235 e. The smallest absolute Gasteiger partial charge is 0.235 e. The van der Waals surface area contributed by atoms with Gasteiger partial charge in [-0.1, -0.05) is 11.2 Å². The molecule has 0 unspecified atom stereocenters. The number of hydrogen-bond acceptors (Lipinski definition) is 7. The van der Waals surface area contributed by atoms with Crippen LogP contribution in [0.25, 0.3) is 21.7 Å². The van der Waals surface area contributed by atoms with Gasteiger partial charge in [-0.15, -0.1) is 0 Å². The topological polar surface area (TPSA) is 93.9 Å². The van der Waals surface area contributed by atoms with Gasteiger partial charge in [0.2, 0.25) is 11.8 Å². The van der Waals surface area contributed by atoms with E-state index < -0.39 is 5.92 Å². The van der Waals surface area contributed by atoms with Gasteiger partial charge in [-0.3, -0.25) is 19.8 Å². The molecule has 0 spiro atoms. The lowest BCUT2D eigenvalue weighted by molar-refractivity contribution is -0.134. The van der Waals surface area contributed by atoms with Crippen LogP contribution >= 0.6 is 0 Å². The average Bonchev–Trinajstić information content (AvgIpc) is 3.19. The highest BCUT2D eigenvalue weighted by Crippen LogP contribution is 2.36. The number of hydrogen-bond donors (Lipinski definition) is 1. The molecule has 3 aromatic rings. The van der Waals surface area contributed by atoms with E-state index in [1.165, 1.54) is 0 Å². The molecule has 1 N–H and O–H groups in total. The molecule has 30 heavy (non-hydrogen) atoms. The van der Waals surface area contributed by atoms with Crippen molar-refractivity contribution in [3.63, 3.8) is 0 Å². The molecular weight excluding hydrogens is 386 g/mol. The van der Waals surface area contributed by atoms with Crippen LogP contribution in [0.3, 0.4) is 0 Å². The van der Waals surface area contributed by atoms with Crippen LogP contribution in [0.1, 0.15) is 24.5 Å². The van der Waals surface area contributed by atoms with E-state index in [0.717, 1.165) is 54.8 Å². The Balaban J connectivity index is 1.39. The minimum Gasteiger partial charge on any atom is -0.492 e. The molecule has 2 aliphatic rings. The van der Waals surface area contributed by atoms with E-state index in [4.69, 9.17) is 14.0 Å². The Hall–Kier alpha value is -2.97. The van der Waals surface area contributed by atoms with Gasteiger partial charge in [-0.25, -0.2) is 0 Å². The van der Waals surface area contributed by atoms with Crippen LogP contribution in [0.15, 0.2) is 34.9 Å². The number of amides is 2. The number of aromatic nitrogens is 1. The molecule has 3 heterocycles. The molecule has 2 amide bonds. The van der Waals surface area contributed by atoms with Gasteiger partial charge in [0.05, 0.1) is 24.5 Å². The van der Waals surface area contributed by atoms with E-state index in [1.54, 1.807) is 0 Å². The predicted molar refractivity (Wildman–Crippen MR) is 109 cm³/mol. The molecule has 0 saturated carbocycles. The number of carbonyl (C=O) groups is 2. The van der Waals surface area contributed by atoms with Crippen LogP contribution in [0.4, 0.5) is 0 Å². The number of nitrogens with one attached hydrogen (secondary N) is 1. The molecular formula is C22H23N3O5. The van der Waals surface area contributed by atoms with Crippen molar-refractivity contribution in [2.45, 2.75) is 18.8 Å². The zero-order chi connectivity index (χ0) is 20.5. The van der Waals surface area contributed by atoms with E-state index in [1.807, 2.05) is 30.3 Å². The number of ether oxygens (including phenoxy) is 2. The zero-order valence-corrected chi connectivity index (χ0v) is 16.6. The normalized spacial score (nSPS) is 20.6. The molecule has 1 atom stereocenters. The quantitative estimate of drug-likeness (QED) is 0.646. The maximum absolute atomic E-state index is 12.3. The maximum atomic E-state index is 12.3. The summed E-state index contributed by atoms with van der Waals surface area (Å²) in [4.78, 5) is 26.2. The molecule has 8 heteroatoms. The van der Waals surface area contributed by atoms with E-state index in [9.17, 15) is 9.59 Å². The Labute approximate surface area is 173 Å². The van der Waals surface area contributed by atoms with Crippen molar-refractivity contribution in [3.05, 3.63) is 36.0 Å². The first-order valence-corrected chi connectivity index (χ1v) is 10.3. The van der Waals surface area contributed by atoms with E-state index >= 15 is 0 Å². The summed E-state index contributed by atoms with van der Waals surface area (Å²) in [6.45, 7) is 4.92. The number of fused-ring (bicyclic) bond motifs is 3. The van der Waals surface area contributed by atoms with Gasteiger partial charge >= 0.3 is 0 Å². The van der Waals surface area contributed by atoms with Gasteiger partial charge in [-0.2, -0.15) is 0 Å². The summed E-state index contributed by atoms with van der Waals surface area (Å²) in [6, 6.07) is 9.73. The van der Waals surface area contributed by atoms with E-state index in [-0.39, 0.29) is 11.8 Å². The summed E-state index contributed by atoms with van der Waals surface area (Å²) in [6.07, 6.45) is 0.738. The number of imide groups is 1. The second kappa shape index (κ2) is 8.04. The molecule has 0 aliphatic carbocycles. The lowest BCUT2D eigenvalue weighted by Crippen LogP contribution is -2.39.